The Balaban J connectivity index is 1.63. The lowest BCUT2D eigenvalue weighted by Gasteiger charge is -2.23. The molecule has 1 aliphatic rings. The van der Waals surface area contributed by atoms with Gasteiger partial charge in [0, 0.05) is 24.9 Å². The third-order valence-electron chi connectivity index (χ3n) is 4.02. The van der Waals surface area contributed by atoms with Crippen LogP contribution in [0.5, 0.6) is 5.75 Å². The van der Waals surface area contributed by atoms with Crippen molar-refractivity contribution in [2.75, 3.05) is 18.5 Å². The van der Waals surface area contributed by atoms with Crippen LogP contribution in [-0.4, -0.2) is 28.9 Å². The zero-order valence-corrected chi connectivity index (χ0v) is 14.1. The number of anilines is 1. The Morgan fingerprint density at radius 3 is 3.09 bits per heavy atom. The normalized spacial score (nSPS) is 17.9. The second-order valence-electron chi connectivity index (χ2n) is 5.79. The maximum Gasteiger partial charge on any atom is 0.142 e. The zero-order chi connectivity index (χ0) is 16.1. The predicted molar refractivity (Wildman–Crippen MR) is 91.1 cm³/mol. The van der Waals surface area contributed by atoms with Gasteiger partial charge in [0.05, 0.1) is 30.4 Å². The standard InChI is InChI=1S/C17H22ClN3O2/c1-21-12-19-9-14(21)10-20-16-8-13(18)5-6-17(16)23-11-15-4-2-3-7-22-15/h5-6,8-9,12,15,20H,2-4,7,10-11H2,1H3. The van der Waals surface area contributed by atoms with Crippen LogP contribution in [0.25, 0.3) is 0 Å². The van der Waals surface area contributed by atoms with Crippen LogP contribution in [0.4, 0.5) is 5.69 Å². The molecule has 0 spiro atoms. The van der Waals surface area contributed by atoms with Gasteiger partial charge in [-0.3, -0.25) is 0 Å². The molecule has 1 atom stereocenters. The first-order valence-electron chi connectivity index (χ1n) is 7.95. The lowest BCUT2D eigenvalue weighted by molar-refractivity contribution is -0.0109. The van der Waals surface area contributed by atoms with E-state index in [1.807, 2.05) is 36.0 Å². The summed E-state index contributed by atoms with van der Waals surface area (Å²) in [5.41, 5.74) is 1.97. The highest BCUT2D eigenvalue weighted by Gasteiger charge is 2.15. The smallest absolute Gasteiger partial charge is 0.142 e. The number of nitrogens with one attached hydrogen (secondary N) is 1. The molecule has 0 amide bonds. The van der Waals surface area contributed by atoms with Crippen LogP contribution in [0, 0.1) is 0 Å². The van der Waals surface area contributed by atoms with Crippen LogP contribution in [0.15, 0.2) is 30.7 Å². The van der Waals surface area contributed by atoms with Crippen molar-refractivity contribution < 1.29 is 9.47 Å². The van der Waals surface area contributed by atoms with E-state index in [2.05, 4.69) is 10.3 Å². The van der Waals surface area contributed by atoms with Gasteiger partial charge >= 0.3 is 0 Å². The maximum atomic E-state index is 6.12. The molecule has 1 saturated heterocycles. The van der Waals surface area contributed by atoms with Crippen molar-refractivity contribution in [3.8, 4) is 5.75 Å². The highest BCUT2D eigenvalue weighted by atomic mass is 35.5. The summed E-state index contributed by atoms with van der Waals surface area (Å²) in [6, 6.07) is 5.62. The molecule has 2 heterocycles. The first kappa shape index (κ1) is 16.1. The van der Waals surface area contributed by atoms with Gasteiger partial charge in [-0.05, 0) is 37.5 Å². The molecule has 0 radical (unpaired) electrons. The average Bonchev–Trinajstić information content (AvgIpc) is 2.98. The van der Waals surface area contributed by atoms with E-state index in [1.54, 1.807) is 6.33 Å². The summed E-state index contributed by atoms with van der Waals surface area (Å²) in [5.74, 6) is 0.797. The molecule has 124 valence electrons. The molecule has 1 aromatic heterocycles. The van der Waals surface area contributed by atoms with Crippen molar-refractivity contribution in [3.63, 3.8) is 0 Å². The molecular weight excluding hydrogens is 314 g/mol. The molecule has 1 aliphatic heterocycles. The van der Waals surface area contributed by atoms with Crippen LogP contribution in [-0.2, 0) is 18.3 Å². The number of benzene rings is 1. The minimum Gasteiger partial charge on any atom is -0.489 e. The van der Waals surface area contributed by atoms with Gasteiger partial charge in [0.2, 0.25) is 0 Å². The largest absolute Gasteiger partial charge is 0.489 e. The third kappa shape index (κ3) is 4.39. The average molecular weight is 336 g/mol. The van der Waals surface area contributed by atoms with E-state index in [0.29, 0.717) is 18.2 Å². The van der Waals surface area contributed by atoms with Crippen LogP contribution >= 0.6 is 11.6 Å². The Labute approximate surface area is 141 Å². The first-order chi connectivity index (χ1) is 11.2. The summed E-state index contributed by atoms with van der Waals surface area (Å²) < 4.78 is 13.7. The Bertz CT molecular complexity index is 639. The number of nitrogens with zero attached hydrogens (tertiary/aromatic N) is 2. The Morgan fingerprint density at radius 1 is 1.43 bits per heavy atom. The number of imidazole rings is 1. The van der Waals surface area contributed by atoms with Crippen LogP contribution in [0.2, 0.25) is 5.02 Å². The van der Waals surface area contributed by atoms with Gasteiger partial charge in [-0.1, -0.05) is 11.6 Å². The molecule has 5 nitrogen and oxygen atoms in total. The highest BCUT2D eigenvalue weighted by Crippen LogP contribution is 2.29. The molecule has 2 aromatic rings. The van der Waals surface area contributed by atoms with Gasteiger partial charge in [0.1, 0.15) is 12.4 Å². The quantitative estimate of drug-likeness (QED) is 0.875. The molecule has 23 heavy (non-hydrogen) atoms. The van der Waals surface area contributed by atoms with E-state index < -0.39 is 0 Å². The summed E-state index contributed by atoms with van der Waals surface area (Å²) in [6.45, 7) is 2.06. The number of ether oxygens (including phenoxy) is 2. The van der Waals surface area contributed by atoms with Crippen molar-refractivity contribution in [3.05, 3.63) is 41.4 Å². The minimum atomic E-state index is 0.185. The maximum absolute atomic E-state index is 6.12. The number of hydrogen-bond acceptors (Lipinski definition) is 4. The van der Waals surface area contributed by atoms with Crippen molar-refractivity contribution in [2.45, 2.75) is 31.9 Å². The number of halogens is 1. The van der Waals surface area contributed by atoms with E-state index in [0.717, 1.165) is 36.6 Å². The zero-order valence-electron chi connectivity index (χ0n) is 13.3. The van der Waals surface area contributed by atoms with Gasteiger partial charge in [-0.2, -0.15) is 0 Å². The molecule has 0 bridgehead atoms. The number of rotatable bonds is 6. The summed E-state index contributed by atoms with van der Waals surface area (Å²) >= 11 is 6.12. The first-order valence-corrected chi connectivity index (χ1v) is 8.33. The minimum absolute atomic E-state index is 0.185. The monoisotopic (exact) mass is 335 g/mol. The summed E-state index contributed by atoms with van der Waals surface area (Å²) in [6.07, 6.45) is 7.23. The fourth-order valence-corrected chi connectivity index (χ4v) is 2.80. The van der Waals surface area contributed by atoms with Gasteiger partial charge < -0.3 is 19.4 Å². The topological polar surface area (TPSA) is 48.3 Å². The van der Waals surface area contributed by atoms with Crippen LogP contribution in [0.1, 0.15) is 25.0 Å². The van der Waals surface area contributed by atoms with Gasteiger partial charge in [-0.25, -0.2) is 4.98 Å². The number of hydrogen-bond donors (Lipinski definition) is 1. The van der Waals surface area contributed by atoms with E-state index in [-0.39, 0.29) is 6.10 Å². The summed E-state index contributed by atoms with van der Waals surface area (Å²) in [5, 5.41) is 4.05. The van der Waals surface area contributed by atoms with Crippen molar-refractivity contribution >= 4 is 17.3 Å². The van der Waals surface area contributed by atoms with Gasteiger partial charge in [-0.15, -0.1) is 0 Å². The Kier molecular flexibility index (Phi) is 5.41. The van der Waals surface area contributed by atoms with Gasteiger partial charge in [0.15, 0.2) is 0 Å². The molecule has 3 rings (SSSR count). The fraction of sp³-hybridized carbons (Fsp3) is 0.471. The molecule has 1 unspecified atom stereocenters. The number of aryl methyl sites for hydroxylation is 1. The summed E-state index contributed by atoms with van der Waals surface area (Å²) in [7, 11) is 1.97. The van der Waals surface area contributed by atoms with Crippen molar-refractivity contribution in [1.29, 1.82) is 0 Å². The van der Waals surface area contributed by atoms with Crippen molar-refractivity contribution in [1.82, 2.24) is 9.55 Å². The van der Waals surface area contributed by atoms with Crippen LogP contribution in [0.3, 0.4) is 0 Å². The SMILES string of the molecule is Cn1cncc1CNc1cc(Cl)ccc1OCC1CCCCO1. The second kappa shape index (κ2) is 7.70. The molecule has 0 aliphatic carbocycles. The number of aromatic nitrogens is 2. The van der Waals surface area contributed by atoms with E-state index >= 15 is 0 Å². The third-order valence-corrected chi connectivity index (χ3v) is 4.25. The molecule has 1 N–H and O–H groups in total. The molecular formula is C17H22ClN3O2. The second-order valence-corrected chi connectivity index (χ2v) is 6.23. The fourth-order valence-electron chi connectivity index (χ4n) is 2.63. The summed E-state index contributed by atoms with van der Waals surface area (Å²) in [4.78, 5) is 4.12. The molecule has 0 saturated carbocycles. The molecule has 6 heteroatoms. The lowest BCUT2D eigenvalue weighted by Crippen LogP contribution is -2.26. The van der Waals surface area contributed by atoms with E-state index in [9.17, 15) is 0 Å². The predicted octanol–water partition coefficient (Wildman–Crippen LogP) is 3.63. The molecule has 1 aromatic carbocycles. The van der Waals surface area contributed by atoms with Crippen molar-refractivity contribution in [2.24, 2.45) is 7.05 Å². The van der Waals surface area contributed by atoms with E-state index in [1.165, 1.54) is 6.42 Å². The Morgan fingerprint density at radius 2 is 2.35 bits per heavy atom. The van der Waals surface area contributed by atoms with E-state index in [4.69, 9.17) is 21.1 Å². The van der Waals surface area contributed by atoms with Crippen LogP contribution < -0.4 is 10.1 Å². The van der Waals surface area contributed by atoms with Gasteiger partial charge in [0.25, 0.3) is 0 Å². The lowest BCUT2D eigenvalue weighted by atomic mass is 10.1. The highest BCUT2D eigenvalue weighted by molar-refractivity contribution is 6.30. The Hall–Kier alpha value is -1.72. The molecule has 1 fully saturated rings.